The van der Waals surface area contributed by atoms with Crippen molar-refractivity contribution < 1.29 is 9.47 Å². The molecule has 3 heteroatoms. The van der Waals surface area contributed by atoms with Crippen molar-refractivity contribution in [2.45, 2.75) is 13.5 Å². The fraction of sp³-hybridized carbons (Fsp3) is 0.167. The maximum absolute atomic E-state index is 5.99. The highest BCUT2D eigenvalue weighted by molar-refractivity contribution is 5.90. The molecule has 0 aliphatic rings. The van der Waals surface area contributed by atoms with Crippen molar-refractivity contribution in [1.29, 1.82) is 0 Å². The van der Waals surface area contributed by atoms with Crippen molar-refractivity contribution in [2.24, 2.45) is 0 Å². The summed E-state index contributed by atoms with van der Waals surface area (Å²) in [4.78, 5) is 4.56. The lowest BCUT2D eigenvalue weighted by Gasteiger charge is -2.12. The molecule has 106 valence electrons. The second kappa shape index (κ2) is 5.83. The van der Waals surface area contributed by atoms with Gasteiger partial charge < -0.3 is 9.47 Å². The first kappa shape index (κ1) is 13.4. The quantitative estimate of drug-likeness (QED) is 0.719. The molecule has 0 fully saturated rings. The Bertz CT molecular complexity index is 754. The molecule has 1 heterocycles. The van der Waals surface area contributed by atoms with E-state index in [9.17, 15) is 0 Å². The zero-order valence-corrected chi connectivity index (χ0v) is 12.2. The molecule has 0 aliphatic carbocycles. The zero-order chi connectivity index (χ0) is 14.7. The van der Waals surface area contributed by atoms with Crippen LogP contribution in [0.3, 0.4) is 0 Å². The maximum atomic E-state index is 5.99. The second-order valence-electron chi connectivity index (χ2n) is 4.89. The van der Waals surface area contributed by atoms with E-state index in [0.717, 1.165) is 33.7 Å². The molecule has 3 rings (SSSR count). The average Bonchev–Trinajstić information content (AvgIpc) is 2.53. The maximum Gasteiger partial charge on any atom is 0.145 e. The van der Waals surface area contributed by atoms with Crippen LogP contribution in [0.2, 0.25) is 0 Å². The molecule has 0 bridgehead atoms. The highest BCUT2D eigenvalue weighted by Crippen LogP contribution is 2.31. The van der Waals surface area contributed by atoms with E-state index >= 15 is 0 Å². The van der Waals surface area contributed by atoms with Gasteiger partial charge in [-0.05, 0) is 24.6 Å². The third kappa shape index (κ3) is 2.82. The highest BCUT2D eigenvalue weighted by atomic mass is 16.5. The van der Waals surface area contributed by atoms with Crippen molar-refractivity contribution in [2.75, 3.05) is 7.11 Å². The lowest BCUT2D eigenvalue weighted by molar-refractivity contribution is 0.309. The van der Waals surface area contributed by atoms with Gasteiger partial charge in [-0.1, -0.05) is 36.4 Å². The summed E-state index contributed by atoms with van der Waals surface area (Å²) in [5.74, 6) is 1.60. The zero-order valence-electron chi connectivity index (χ0n) is 12.2. The lowest BCUT2D eigenvalue weighted by atomic mass is 10.1. The van der Waals surface area contributed by atoms with Gasteiger partial charge in [0.15, 0.2) is 0 Å². The largest absolute Gasteiger partial charge is 0.494 e. The molecule has 0 spiro atoms. The van der Waals surface area contributed by atoms with Crippen LogP contribution in [0.4, 0.5) is 0 Å². The van der Waals surface area contributed by atoms with Gasteiger partial charge in [0.1, 0.15) is 23.6 Å². The van der Waals surface area contributed by atoms with Crippen molar-refractivity contribution in [3.8, 4) is 11.5 Å². The van der Waals surface area contributed by atoms with E-state index in [4.69, 9.17) is 9.47 Å². The molecule has 0 aliphatic heterocycles. The van der Waals surface area contributed by atoms with Gasteiger partial charge in [-0.15, -0.1) is 0 Å². The van der Waals surface area contributed by atoms with E-state index in [1.54, 1.807) is 7.11 Å². The Kier molecular flexibility index (Phi) is 3.73. The number of ether oxygens (including phenoxy) is 2. The van der Waals surface area contributed by atoms with Crippen LogP contribution >= 0.6 is 0 Å². The SMILES string of the molecule is COc1cccc2c(OCc3ccccc3)cc(C)nc12. The van der Waals surface area contributed by atoms with E-state index in [1.165, 1.54) is 0 Å². The summed E-state index contributed by atoms with van der Waals surface area (Å²) in [6.45, 7) is 2.50. The Morgan fingerprint density at radius 3 is 2.52 bits per heavy atom. The van der Waals surface area contributed by atoms with Gasteiger partial charge in [0.2, 0.25) is 0 Å². The first-order valence-corrected chi connectivity index (χ1v) is 6.89. The molecule has 0 saturated carbocycles. The molecule has 0 saturated heterocycles. The first-order valence-electron chi connectivity index (χ1n) is 6.89. The topological polar surface area (TPSA) is 31.4 Å². The number of pyridine rings is 1. The van der Waals surface area contributed by atoms with Gasteiger partial charge in [0.25, 0.3) is 0 Å². The van der Waals surface area contributed by atoms with E-state index in [2.05, 4.69) is 17.1 Å². The predicted octanol–water partition coefficient (Wildman–Crippen LogP) is 4.13. The van der Waals surface area contributed by atoms with Crippen molar-refractivity contribution in [3.63, 3.8) is 0 Å². The number of aromatic nitrogens is 1. The summed E-state index contributed by atoms with van der Waals surface area (Å²) in [6, 6.07) is 18.0. The summed E-state index contributed by atoms with van der Waals surface area (Å²) in [5.41, 5.74) is 2.89. The van der Waals surface area contributed by atoms with Crippen molar-refractivity contribution in [3.05, 3.63) is 65.9 Å². The first-order chi connectivity index (χ1) is 10.3. The molecule has 21 heavy (non-hydrogen) atoms. The number of para-hydroxylation sites is 1. The second-order valence-corrected chi connectivity index (χ2v) is 4.89. The lowest BCUT2D eigenvalue weighted by Crippen LogP contribution is -1.98. The Hall–Kier alpha value is -2.55. The van der Waals surface area contributed by atoms with E-state index in [-0.39, 0.29) is 0 Å². The van der Waals surface area contributed by atoms with Crippen LogP contribution in [0.1, 0.15) is 11.3 Å². The van der Waals surface area contributed by atoms with E-state index in [1.807, 2.05) is 49.4 Å². The van der Waals surface area contributed by atoms with Gasteiger partial charge in [0.05, 0.1) is 7.11 Å². The van der Waals surface area contributed by atoms with Crippen molar-refractivity contribution >= 4 is 10.9 Å². The van der Waals surface area contributed by atoms with Gasteiger partial charge in [-0.2, -0.15) is 0 Å². The van der Waals surface area contributed by atoms with E-state index in [0.29, 0.717) is 6.61 Å². The fourth-order valence-electron chi connectivity index (χ4n) is 2.33. The third-order valence-corrected chi connectivity index (χ3v) is 3.35. The van der Waals surface area contributed by atoms with Crippen LogP contribution in [0.25, 0.3) is 10.9 Å². The molecule has 3 nitrogen and oxygen atoms in total. The average molecular weight is 279 g/mol. The predicted molar refractivity (Wildman–Crippen MR) is 83.8 cm³/mol. The van der Waals surface area contributed by atoms with Gasteiger partial charge >= 0.3 is 0 Å². The Balaban J connectivity index is 1.98. The van der Waals surface area contributed by atoms with Crippen LogP contribution in [-0.2, 0) is 6.61 Å². The van der Waals surface area contributed by atoms with Gasteiger partial charge in [-0.3, -0.25) is 0 Å². The standard InChI is InChI=1S/C18H17NO2/c1-13-11-17(21-12-14-7-4-3-5-8-14)15-9-6-10-16(20-2)18(15)19-13/h3-11H,12H2,1-2H3. The minimum Gasteiger partial charge on any atom is -0.494 e. The van der Waals surface area contributed by atoms with Gasteiger partial charge in [0, 0.05) is 17.1 Å². The fourth-order valence-corrected chi connectivity index (χ4v) is 2.33. The number of benzene rings is 2. The third-order valence-electron chi connectivity index (χ3n) is 3.35. The highest BCUT2D eigenvalue weighted by Gasteiger charge is 2.09. The number of rotatable bonds is 4. The molecule has 0 amide bonds. The Morgan fingerprint density at radius 2 is 1.76 bits per heavy atom. The number of fused-ring (bicyclic) bond motifs is 1. The molecule has 0 radical (unpaired) electrons. The van der Waals surface area contributed by atoms with Gasteiger partial charge in [-0.25, -0.2) is 4.98 Å². The molecular formula is C18H17NO2. The molecule has 0 atom stereocenters. The Morgan fingerprint density at radius 1 is 0.952 bits per heavy atom. The summed E-state index contributed by atoms with van der Waals surface area (Å²) in [5, 5.41) is 0.968. The van der Waals surface area contributed by atoms with Crippen LogP contribution in [0.15, 0.2) is 54.6 Å². The number of nitrogens with zero attached hydrogens (tertiary/aromatic N) is 1. The smallest absolute Gasteiger partial charge is 0.145 e. The van der Waals surface area contributed by atoms with E-state index < -0.39 is 0 Å². The van der Waals surface area contributed by atoms with Crippen LogP contribution < -0.4 is 9.47 Å². The minimum absolute atomic E-state index is 0.538. The normalized spacial score (nSPS) is 10.6. The number of hydrogen-bond donors (Lipinski definition) is 0. The van der Waals surface area contributed by atoms with Crippen LogP contribution in [-0.4, -0.2) is 12.1 Å². The molecule has 0 N–H and O–H groups in total. The summed E-state index contributed by atoms with van der Waals surface area (Å²) in [7, 11) is 1.66. The molecule has 0 unspecified atom stereocenters. The monoisotopic (exact) mass is 279 g/mol. The van der Waals surface area contributed by atoms with Crippen molar-refractivity contribution in [1.82, 2.24) is 4.98 Å². The summed E-state index contributed by atoms with van der Waals surface area (Å²) < 4.78 is 11.4. The minimum atomic E-state index is 0.538. The summed E-state index contributed by atoms with van der Waals surface area (Å²) in [6.07, 6.45) is 0. The number of aryl methyl sites for hydroxylation is 1. The molecule has 3 aromatic rings. The number of methoxy groups -OCH3 is 1. The van der Waals surface area contributed by atoms with Crippen LogP contribution in [0.5, 0.6) is 11.5 Å². The van der Waals surface area contributed by atoms with Crippen LogP contribution in [0, 0.1) is 6.92 Å². The number of hydrogen-bond acceptors (Lipinski definition) is 3. The molecule has 1 aromatic heterocycles. The Labute approximate surface area is 124 Å². The molecule has 2 aromatic carbocycles. The summed E-state index contributed by atoms with van der Waals surface area (Å²) >= 11 is 0. The molecular weight excluding hydrogens is 262 g/mol.